The number of hydrogen-bond donors (Lipinski definition) is 2. The number of anilines is 1. The van der Waals surface area contributed by atoms with Gasteiger partial charge in [0.15, 0.2) is 13.4 Å². The maximum atomic E-state index is 11.3. The molecule has 1 aromatic heterocycles. The van der Waals surface area contributed by atoms with Gasteiger partial charge >= 0.3 is 0 Å². The summed E-state index contributed by atoms with van der Waals surface area (Å²) in [6.07, 6.45) is 5.75. The molecule has 0 spiro atoms. The molecule has 0 saturated heterocycles. The summed E-state index contributed by atoms with van der Waals surface area (Å²) >= 11 is 1.29. The minimum Gasteiger partial charge on any atom is -0.494 e. The minimum absolute atomic E-state index is 0.101. The lowest BCUT2D eigenvalue weighted by atomic mass is 10.1. The van der Waals surface area contributed by atoms with Crippen LogP contribution in [0, 0.1) is 0 Å². The average molecular weight is 462 g/mol. The van der Waals surface area contributed by atoms with Gasteiger partial charge in [0, 0.05) is 30.7 Å². The predicted octanol–water partition coefficient (Wildman–Crippen LogP) is 4.53. The lowest BCUT2D eigenvalue weighted by Crippen LogP contribution is -2.15. The fraction of sp³-hybridized carbons (Fsp3) is 0.391. The minimum atomic E-state index is -1.57. The zero-order valence-electron chi connectivity index (χ0n) is 18.7. The van der Waals surface area contributed by atoms with Gasteiger partial charge in [-0.1, -0.05) is 24.8 Å². The molecule has 1 atom stereocenters. The molecule has 31 heavy (non-hydrogen) atoms. The molecule has 0 saturated carbocycles. The van der Waals surface area contributed by atoms with Crippen molar-refractivity contribution in [3.63, 3.8) is 0 Å². The van der Waals surface area contributed by atoms with Crippen molar-refractivity contribution in [2.75, 3.05) is 38.1 Å². The van der Waals surface area contributed by atoms with Crippen LogP contribution in [0.1, 0.15) is 32.3 Å². The van der Waals surface area contributed by atoms with Gasteiger partial charge in [0.2, 0.25) is 0 Å². The number of hydrogen-bond acceptors (Lipinski definition) is 7. The van der Waals surface area contributed by atoms with E-state index in [-0.39, 0.29) is 5.12 Å². The van der Waals surface area contributed by atoms with E-state index in [0.29, 0.717) is 18.2 Å². The van der Waals surface area contributed by atoms with E-state index in [9.17, 15) is 9.69 Å². The van der Waals surface area contributed by atoms with Crippen LogP contribution in [-0.4, -0.2) is 52.9 Å². The molecule has 1 unspecified atom stereocenters. The van der Waals surface area contributed by atoms with Crippen LogP contribution < -0.4 is 15.1 Å². The van der Waals surface area contributed by atoms with Crippen molar-refractivity contribution in [2.24, 2.45) is 0 Å². The molecule has 168 valence electrons. The van der Waals surface area contributed by atoms with Gasteiger partial charge in [-0.05, 0) is 74.5 Å². The Labute approximate surface area is 191 Å². The summed E-state index contributed by atoms with van der Waals surface area (Å²) in [5.74, 6) is 2.04. The highest BCUT2D eigenvalue weighted by atomic mass is 32.2. The number of thioether (sulfide) groups is 1. The molecule has 2 N–H and O–H groups in total. The van der Waals surface area contributed by atoms with Crippen LogP contribution in [0.5, 0.6) is 5.75 Å². The zero-order valence-corrected chi connectivity index (χ0v) is 20.4. The lowest BCUT2D eigenvalue weighted by Gasteiger charge is -2.14. The number of nitrogens with zero attached hydrogens (tertiary/aromatic N) is 2. The van der Waals surface area contributed by atoms with E-state index in [4.69, 9.17) is 4.74 Å². The van der Waals surface area contributed by atoms with Gasteiger partial charge < -0.3 is 19.6 Å². The van der Waals surface area contributed by atoms with Gasteiger partial charge in [-0.25, -0.2) is 4.98 Å². The normalized spacial score (nSPS) is 12.6. The molecular weight excluding hydrogens is 429 g/mol. The third-order valence-corrected chi connectivity index (χ3v) is 6.43. The molecule has 0 bridgehead atoms. The van der Waals surface area contributed by atoms with Crippen LogP contribution in [0.4, 0.5) is 5.82 Å². The Balaban J connectivity index is 1.92. The molecule has 1 aromatic carbocycles. The highest BCUT2D eigenvalue weighted by Crippen LogP contribution is 2.31. The first kappa shape index (κ1) is 25.3. The van der Waals surface area contributed by atoms with E-state index in [2.05, 4.69) is 28.0 Å². The zero-order chi connectivity index (χ0) is 22.6. The fourth-order valence-electron chi connectivity index (χ4n) is 2.76. The Morgan fingerprint density at radius 2 is 2.00 bits per heavy atom. The third kappa shape index (κ3) is 9.40. The number of benzene rings is 1. The summed E-state index contributed by atoms with van der Waals surface area (Å²) in [6, 6.07) is 11.3. The molecule has 0 fully saturated rings. The molecule has 0 radical (unpaired) electrons. The fourth-order valence-corrected chi connectivity index (χ4v) is 4.32. The number of aromatic nitrogens is 1. The maximum Gasteiger partial charge on any atom is 0.186 e. The van der Waals surface area contributed by atoms with Gasteiger partial charge in [-0.15, -0.1) is 0 Å². The summed E-state index contributed by atoms with van der Waals surface area (Å²) < 4.78 is 5.74. The molecule has 2 rings (SSSR count). The quantitative estimate of drug-likeness (QED) is 0.355. The van der Waals surface area contributed by atoms with Crippen LogP contribution in [-0.2, 0) is 4.79 Å². The molecular formula is C23H32N3O3PS. The highest BCUT2D eigenvalue weighted by Gasteiger charge is 2.10. The lowest BCUT2D eigenvalue weighted by molar-refractivity contribution is -0.109. The van der Waals surface area contributed by atoms with Crippen molar-refractivity contribution in [1.82, 2.24) is 9.88 Å². The smallest absolute Gasteiger partial charge is 0.186 e. The van der Waals surface area contributed by atoms with Gasteiger partial charge in [-0.2, -0.15) is 0 Å². The van der Waals surface area contributed by atoms with E-state index in [0.717, 1.165) is 41.6 Å². The van der Waals surface area contributed by atoms with Crippen molar-refractivity contribution >= 4 is 41.9 Å². The molecule has 6 nitrogen and oxygen atoms in total. The second-order valence-corrected chi connectivity index (χ2v) is 9.79. The third-order valence-electron chi connectivity index (χ3n) is 4.34. The van der Waals surface area contributed by atoms with Gasteiger partial charge in [0.25, 0.3) is 0 Å². The van der Waals surface area contributed by atoms with Crippen molar-refractivity contribution in [2.45, 2.75) is 26.7 Å². The summed E-state index contributed by atoms with van der Waals surface area (Å²) in [5.41, 5.74) is 2.08. The van der Waals surface area contributed by atoms with E-state index < -0.39 is 8.30 Å². The average Bonchev–Trinajstić information content (AvgIpc) is 2.75. The van der Waals surface area contributed by atoms with Crippen molar-refractivity contribution < 1.29 is 14.4 Å². The maximum absolute atomic E-state index is 11.3. The monoisotopic (exact) mass is 461 g/mol. The highest BCUT2D eigenvalue weighted by molar-refractivity contribution is 8.13. The number of carbonyl (C=O) groups excluding carboxylic acids is 1. The van der Waals surface area contributed by atoms with Crippen LogP contribution in [0.25, 0.3) is 5.57 Å². The van der Waals surface area contributed by atoms with Gasteiger partial charge in [0.1, 0.15) is 11.6 Å². The van der Waals surface area contributed by atoms with Crippen LogP contribution in [0.2, 0.25) is 0 Å². The Kier molecular flexibility index (Phi) is 11.0. The predicted molar refractivity (Wildman–Crippen MR) is 133 cm³/mol. The van der Waals surface area contributed by atoms with E-state index >= 15 is 0 Å². The van der Waals surface area contributed by atoms with Crippen molar-refractivity contribution in [3.05, 3.63) is 54.2 Å². The first-order valence-corrected chi connectivity index (χ1v) is 12.6. The number of rotatable bonds is 12. The topological polar surface area (TPSA) is 74.7 Å². The molecule has 0 amide bonds. The largest absolute Gasteiger partial charge is 0.494 e. The summed E-state index contributed by atoms with van der Waals surface area (Å²) in [7, 11) is 2.51. The number of pyridine rings is 1. The Morgan fingerprint density at radius 1 is 1.26 bits per heavy atom. The van der Waals surface area contributed by atoms with Gasteiger partial charge in [0.05, 0.1) is 6.61 Å². The second-order valence-electron chi connectivity index (χ2n) is 7.27. The molecule has 0 aliphatic carbocycles. The molecule has 8 heteroatoms. The van der Waals surface area contributed by atoms with E-state index in [1.165, 1.54) is 11.8 Å². The number of ether oxygens (including phenoxy) is 1. The second kappa shape index (κ2) is 13.5. The number of allylic oxidation sites excluding steroid dienone is 1. The molecule has 1 heterocycles. The number of nitrogens with one attached hydrogen (secondary N) is 1. The summed E-state index contributed by atoms with van der Waals surface area (Å²) in [6.45, 7) is 5.30. The molecule has 2 aromatic rings. The SMILES string of the molecule is CC/C=C(/CSC(C)=O)c1ccc(NP(O)c2ccc(OCCCN(C)C)cc2)nc1. The van der Waals surface area contributed by atoms with E-state index in [1.54, 1.807) is 13.1 Å². The Bertz CT molecular complexity index is 842. The summed E-state index contributed by atoms with van der Waals surface area (Å²) in [5, 5.41) is 3.97. The van der Waals surface area contributed by atoms with Gasteiger partial charge in [-0.3, -0.25) is 4.79 Å². The first-order valence-electron chi connectivity index (χ1n) is 10.3. The van der Waals surface area contributed by atoms with Crippen LogP contribution in [0.15, 0.2) is 48.7 Å². The Morgan fingerprint density at radius 3 is 2.58 bits per heavy atom. The van der Waals surface area contributed by atoms with Crippen molar-refractivity contribution in [3.8, 4) is 5.75 Å². The van der Waals surface area contributed by atoms with Crippen LogP contribution in [0.3, 0.4) is 0 Å². The molecule has 0 aliphatic rings. The molecule has 0 aliphatic heterocycles. The van der Waals surface area contributed by atoms with E-state index in [1.807, 2.05) is 50.5 Å². The summed E-state index contributed by atoms with van der Waals surface area (Å²) in [4.78, 5) is 28.4. The number of carbonyl (C=O) groups is 1. The Hall–Kier alpha value is -1.92. The van der Waals surface area contributed by atoms with Crippen LogP contribution >= 0.6 is 20.1 Å². The van der Waals surface area contributed by atoms with Crippen molar-refractivity contribution in [1.29, 1.82) is 0 Å². The standard InChI is InChI=1S/C23H32N3O3PS/c1-5-7-20(17-31-18(2)27)19-8-13-23(24-16-19)25-30(28)22-11-9-21(10-12-22)29-15-6-14-26(3)4/h7-13,16,28H,5-6,14-15,17H2,1-4H3,(H,24,25)/b20-7-. The first-order chi connectivity index (χ1) is 14.9.